The van der Waals surface area contributed by atoms with Gasteiger partial charge in [0.1, 0.15) is 18.1 Å². The number of aliphatic hydroxyl groups excluding tert-OH is 1. The number of nitrogens with one attached hydrogen (secondary N) is 3. The van der Waals surface area contributed by atoms with Crippen molar-refractivity contribution in [2.45, 2.75) is 77.7 Å². The molecular weight excluding hydrogens is 440 g/mol. The highest BCUT2D eigenvalue weighted by molar-refractivity contribution is 5.94. The van der Waals surface area contributed by atoms with Crippen LogP contribution in [0.2, 0.25) is 0 Å². The fraction of sp³-hybridized carbons (Fsp3) is 0.583. The Hall–Kier alpha value is -2.98. The summed E-state index contributed by atoms with van der Waals surface area (Å²) >= 11 is 0. The number of aliphatic carboxylic acids is 1. The van der Waals surface area contributed by atoms with Gasteiger partial charge in [-0.15, -0.1) is 0 Å². The molecule has 1 rings (SSSR count). The topological polar surface area (TPSA) is 171 Å². The average molecular weight is 479 g/mol. The van der Waals surface area contributed by atoms with Gasteiger partial charge in [0.15, 0.2) is 0 Å². The number of benzene rings is 1. The van der Waals surface area contributed by atoms with Crippen molar-refractivity contribution < 1.29 is 29.4 Å². The molecule has 0 spiro atoms. The molecule has 0 radical (unpaired) electrons. The molecule has 1 aromatic rings. The second kappa shape index (κ2) is 13.7. The van der Waals surface area contributed by atoms with Crippen molar-refractivity contribution in [1.82, 2.24) is 16.0 Å². The summed E-state index contributed by atoms with van der Waals surface area (Å²) in [6, 6.07) is 4.39. The SMILES string of the molecule is CC(C)CC(NC(=O)C(NC(=O)C(N)C(C)C)C(C)O)C(=O)NC(Cc1ccccc1)C(=O)O. The zero-order valence-corrected chi connectivity index (χ0v) is 20.4. The minimum atomic E-state index is -1.33. The lowest BCUT2D eigenvalue weighted by molar-refractivity contribution is -0.142. The Balaban J connectivity index is 2.98. The van der Waals surface area contributed by atoms with Gasteiger partial charge >= 0.3 is 5.97 Å². The summed E-state index contributed by atoms with van der Waals surface area (Å²) in [6.07, 6.45) is -0.957. The van der Waals surface area contributed by atoms with Crippen LogP contribution in [0, 0.1) is 11.8 Å². The van der Waals surface area contributed by atoms with Gasteiger partial charge in [0.25, 0.3) is 0 Å². The Morgan fingerprint density at radius 2 is 1.41 bits per heavy atom. The molecule has 0 aromatic heterocycles. The van der Waals surface area contributed by atoms with Crippen LogP contribution < -0.4 is 21.7 Å². The molecule has 0 aliphatic rings. The third kappa shape index (κ3) is 9.48. The predicted octanol–water partition coefficient (Wildman–Crippen LogP) is 0.178. The first-order valence-electron chi connectivity index (χ1n) is 11.4. The van der Waals surface area contributed by atoms with E-state index in [1.807, 2.05) is 13.8 Å². The summed E-state index contributed by atoms with van der Waals surface area (Å²) < 4.78 is 0. The van der Waals surface area contributed by atoms with Gasteiger partial charge in [0.05, 0.1) is 12.1 Å². The molecular formula is C24H38N4O6. The molecule has 10 heteroatoms. The van der Waals surface area contributed by atoms with Gasteiger partial charge in [-0.3, -0.25) is 14.4 Å². The highest BCUT2D eigenvalue weighted by atomic mass is 16.4. The molecule has 0 bridgehead atoms. The molecule has 3 amide bonds. The number of rotatable bonds is 13. The molecule has 1 aromatic carbocycles. The van der Waals surface area contributed by atoms with Gasteiger partial charge in [0.2, 0.25) is 17.7 Å². The van der Waals surface area contributed by atoms with Gasteiger partial charge in [0, 0.05) is 6.42 Å². The summed E-state index contributed by atoms with van der Waals surface area (Å²) in [5.41, 5.74) is 6.56. The maximum Gasteiger partial charge on any atom is 0.326 e. The van der Waals surface area contributed by atoms with Gasteiger partial charge in [-0.2, -0.15) is 0 Å². The lowest BCUT2D eigenvalue weighted by Gasteiger charge is -2.27. The summed E-state index contributed by atoms with van der Waals surface area (Å²) in [6.45, 7) is 8.53. The van der Waals surface area contributed by atoms with Crippen molar-refractivity contribution >= 4 is 23.7 Å². The van der Waals surface area contributed by atoms with Crippen molar-refractivity contribution in [3.8, 4) is 0 Å². The summed E-state index contributed by atoms with van der Waals surface area (Å²) in [4.78, 5) is 49.9. The second-order valence-electron chi connectivity index (χ2n) is 9.28. The molecule has 34 heavy (non-hydrogen) atoms. The van der Waals surface area contributed by atoms with Gasteiger partial charge < -0.3 is 31.9 Å². The lowest BCUT2D eigenvalue weighted by Crippen LogP contribution is -2.60. The van der Waals surface area contributed by atoms with Crippen molar-refractivity contribution in [3.05, 3.63) is 35.9 Å². The Morgan fingerprint density at radius 3 is 1.88 bits per heavy atom. The number of aliphatic hydroxyl groups is 1. The number of nitrogens with two attached hydrogens (primary N) is 1. The Morgan fingerprint density at radius 1 is 0.853 bits per heavy atom. The van der Waals surface area contributed by atoms with Crippen molar-refractivity contribution in [3.63, 3.8) is 0 Å². The largest absolute Gasteiger partial charge is 0.480 e. The van der Waals surface area contributed by atoms with E-state index >= 15 is 0 Å². The van der Waals surface area contributed by atoms with Crippen LogP contribution in [0.3, 0.4) is 0 Å². The van der Waals surface area contributed by atoms with Crippen molar-refractivity contribution in [2.75, 3.05) is 0 Å². The van der Waals surface area contributed by atoms with Gasteiger partial charge in [-0.25, -0.2) is 4.79 Å². The van der Waals surface area contributed by atoms with E-state index < -0.39 is 54.0 Å². The molecule has 0 heterocycles. The quantitative estimate of drug-likeness (QED) is 0.235. The molecule has 0 aliphatic heterocycles. The summed E-state index contributed by atoms with van der Waals surface area (Å²) in [5.74, 6) is -3.44. The maximum atomic E-state index is 13.0. The zero-order chi connectivity index (χ0) is 26.0. The first kappa shape index (κ1) is 29.1. The minimum absolute atomic E-state index is 0.0117. The van der Waals surface area contributed by atoms with E-state index in [9.17, 15) is 29.4 Å². The monoisotopic (exact) mass is 478 g/mol. The number of carboxylic acids is 1. The van der Waals surface area contributed by atoms with E-state index in [4.69, 9.17) is 5.73 Å². The molecule has 7 N–H and O–H groups in total. The zero-order valence-electron chi connectivity index (χ0n) is 20.4. The van der Waals surface area contributed by atoms with Crippen LogP contribution in [0.5, 0.6) is 0 Å². The molecule has 0 fully saturated rings. The third-order valence-electron chi connectivity index (χ3n) is 5.32. The lowest BCUT2D eigenvalue weighted by atomic mass is 10.00. The minimum Gasteiger partial charge on any atom is -0.480 e. The van der Waals surface area contributed by atoms with E-state index in [1.165, 1.54) is 6.92 Å². The Kier molecular flexibility index (Phi) is 11.7. The van der Waals surface area contributed by atoms with Crippen LogP contribution in [0.4, 0.5) is 0 Å². The standard InChI is InChI=1S/C24H38N4O6/c1-13(2)11-17(21(30)27-18(24(33)34)12-16-9-7-6-8-10-16)26-23(32)20(15(5)29)28-22(31)19(25)14(3)4/h6-10,13-15,17-20,29H,11-12,25H2,1-5H3,(H,26,32)(H,27,30)(H,28,31)(H,33,34). The van der Waals surface area contributed by atoms with Gasteiger partial charge in [-0.1, -0.05) is 58.0 Å². The van der Waals surface area contributed by atoms with Gasteiger partial charge in [-0.05, 0) is 30.7 Å². The average Bonchev–Trinajstić information content (AvgIpc) is 2.75. The Bertz CT molecular complexity index is 828. The summed E-state index contributed by atoms with van der Waals surface area (Å²) in [5, 5.41) is 27.1. The van der Waals surface area contributed by atoms with E-state index in [-0.39, 0.29) is 24.7 Å². The second-order valence-corrected chi connectivity index (χ2v) is 9.28. The number of carbonyl (C=O) groups excluding carboxylic acids is 3. The highest BCUT2D eigenvalue weighted by Crippen LogP contribution is 2.09. The number of amides is 3. The predicted molar refractivity (Wildman–Crippen MR) is 128 cm³/mol. The third-order valence-corrected chi connectivity index (χ3v) is 5.32. The van der Waals surface area contributed by atoms with Crippen LogP contribution in [0.1, 0.15) is 46.6 Å². The number of hydrogen-bond acceptors (Lipinski definition) is 6. The normalized spacial score (nSPS) is 15.7. The van der Waals surface area contributed by atoms with E-state index in [2.05, 4.69) is 16.0 Å². The molecule has 0 saturated heterocycles. The van der Waals surface area contributed by atoms with Crippen LogP contribution in [-0.2, 0) is 25.6 Å². The van der Waals surface area contributed by atoms with E-state index in [0.717, 1.165) is 5.56 Å². The highest BCUT2D eigenvalue weighted by Gasteiger charge is 2.33. The fourth-order valence-corrected chi connectivity index (χ4v) is 3.24. The number of carboxylic acid groups (broad SMARTS) is 1. The smallest absolute Gasteiger partial charge is 0.326 e. The van der Waals surface area contributed by atoms with E-state index in [0.29, 0.717) is 0 Å². The number of carbonyl (C=O) groups is 4. The van der Waals surface area contributed by atoms with Crippen LogP contribution >= 0.6 is 0 Å². The molecule has 0 aliphatic carbocycles. The molecule has 10 nitrogen and oxygen atoms in total. The Labute approximate surface area is 200 Å². The fourth-order valence-electron chi connectivity index (χ4n) is 3.24. The summed E-state index contributed by atoms with van der Waals surface area (Å²) in [7, 11) is 0. The van der Waals surface area contributed by atoms with Crippen molar-refractivity contribution in [2.24, 2.45) is 17.6 Å². The van der Waals surface area contributed by atoms with Crippen LogP contribution in [-0.4, -0.2) is 64.2 Å². The van der Waals surface area contributed by atoms with Crippen LogP contribution in [0.25, 0.3) is 0 Å². The van der Waals surface area contributed by atoms with Crippen LogP contribution in [0.15, 0.2) is 30.3 Å². The molecule has 190 valence electrons. The molecule has 0 saturated carbocycles. The van der Waals surface area contributed by atoms with E-state index in [1.54, 1.807) is 44.2 Å². The molecule has 5 unspecified atom stereocenters. The first-order chi connectivity index (χ1) is 15.8. The first-order valence-corrected chi connectivity index (χ1v) is 11.4. The molecule has 5 atom stereocenters. The number of hydrogen-bond donors (Lipinski definition) is 6. The maximum absolute atomic E-state index is 13.0. The van der Waals surface area contributed by atoms with Crippen molar-refractivity contribution in [1.29, 1.82) is 0 Å².